The van der Waals surface area contributed by atoms with Gasteiger partial charge < -0.3 is 4.74 Å². The van der Waals surface area contributed by atoms with E-state index in [2.05, 4.69) is 4.98 Å². The third-order valence-electron chi connectivity index (χ3n) is 3.98. The summed E-state index contributed by atoms with van der Waals surface area (Å²) in [6.07, 6.45) is 1.84. The zero-order chi connectivity index (χ0) is 17.8. The van der Waals surface area contributed by atoms with Crippen LogP contribution < -0.4 is 5.56 Å². The van der Waals surface area contributed by atoms with E-state index in [0.717, 1.165) is 23.6 Å². The van der Waals surface area contributed by atoms with Gasteiger partial charge in [0.2, 0.25) is 0 Å². The number of unbranched alkanes of at least 4 members (excludes halogenated alkanes) is 1. The lowest BCUT2D eigenvalue weighted by Crippen LogP contribution is -2.20. The van der Waals surface area contributed by atoms with Crippen molar-refractivity contribution in [3.63, 3.8) is 0 Å². The molecule has 0 unspecified atom stereocenters. The summed E-state index contributed by atoms with van der Waals surface area (Å²) >= 11 is 1.22. The van der Waals surface area contributed by atoms with E-state index < -0.39 is 0 Å². The highest BCUT2D eigenvalue weighted by molar-refractivity contribution is 7.99. The Hall–Kier alpha value is -2.34. The average Bonchev–Trinajstić information content (AvgIpc) is 2.62. The van der Waals surface area contributed by atoms with E-state index in [1.54, 1.807) is 7.05 Å². The van der Waals surface area contributed by atoms with Gasteiger partial charge in [-0.2, -0.15) is 0 Å². The van der Waals surface area contributed by atoms with Crippen molar-refractivity contribution < 1.29 is 9.53 Å². The van der Waals surface area contributed by atoms with Crippen molar-refractivity contribution in [1.82, 2.24) is 9.55 Å². The molecule has 0 bridgehead atoms. The molecule has 25 heavy (non-hydrogen) atoms. The minimum atomic E-state index is -0.286. The Kier molecular flexibility index (Phi) is 5.38. The molecule has 0 saturated heterocycles. The molecular weight excluding hydrogens is 336 g/mol. The van der Waals surface area contributed by atoms with Gasteiger partial charge in [-0.25, -0.2) is 4.98 Å². The Morgan fingerprint density at radius 1 is 1.24 bits per heavy atom. The largest absolute Gasteiger partial charge is 0.465 e. The highest BCUT2D eigenvalue weighted by Gasteiger charge is 2.12. The van der Waals surface area contributed by atoms with Gasteiger partial charge in [-0.1, -0.05) is 49.4 Å². The minimum Gasteiger partial charge on any atom is -0.465 e. The fourth-order valence-corrected chi connectivity index (χ4v) is 3.33. The van der Waals surface area contributed by atoms with Crippen molar-refractivity contribution in [1.29, 1.82) is 0 Å². The zero-order valence-electron chi connectivity index (χ0n) is 14.3. The maximum atomic E-state index is 12.6. The summed E-state index contributed by atoms with van der Waals surface area (Å²) in [7, 11) is 1.68. The molecule has 0 atom stereocenters. The Bertz CT molecular complexity index is 981. The van der Waals surface area contributed by atoms with Crippen LogP contribution in [0.4, 0.5) is 0 Å². The smallest absolute Gasteiger partial charge is 0.316 e. The van der Waals surface area contributed by atoms with Crippen molar-refractivity contribution in [2.75, 3.05) is 12.4 Å². The van der Waals surface area contributed by atoms with E-state index in [-0.39, 0.29) is 17.3 Å². The van der Waals surface area contributed by atoms with Gasteiger partial charge in [0, 0.05) is 7.05 Å². The van der Waals surface area contributed by atoms with Crippen LogP contribution >= 0.6 is 11.8 Å². The molecule has 5 nitrogen and oxygen atoms in total. The van der Waals surface area contributed by atoms with Crippen LogP contribution in [0, 0.1) is 0 Å². The van der Waals surface area contributed by atoms with Crippen LogP contribution in [0.15, 0.2) is 46.3 Å². The second-order valence-electron chi connectivity index (χ2n) is 5.84. The summed E-state index contributed by atoms with van der Waals surface area (Å²) in [5.74, 6) is -0.144. The number of ether oxygens (including phenoxy) is 1. The fourth-order valence-electron chi connectivity index (χ4n) is 2.56. The first-order valence-electron chi connectivity index (χ1n) is 8.28. The van der Waals surface area contributed by atoms with Gasteiger partial charge in [0.05, 0.1) is 23.3 Å². The van der Waals surface area contributed by atoms with Gasteiger partial charge in [-0.15, -0.1) is 0 Å². The lowest BCUT2D eigenvalue weighted by molar-refractivity contribution is -0.140. The molecule has 1 aromatic heterocycles. The summed E-state index contributed by atoms with van der Waals surface area (Å²) in [5, 5.41) is 3.13. The quantitative estimate of drug-likeness (QED) is 0.222. The lowest BCUT2D eigenvalue weighted by atomic mass is 10.1. The Labute approximate surface area is 150 Å². The summed E-state index contributed by atoms with van der Waals surface area (Å²) in [5.41, 5.74) is 0.529. The number of nitrogens with zero attached hydrogens (tertiary/aromatic N) is 2. The van der Waals surface area contributed by atoms with Crippen LogP contribution in [-0.4, -0.2) is 27.9 Å². The third kappa shape index (κ3) is 3.85. The predicted molar refractivity (Wildman–Crippen MR) is 101 cm³/mol. The van der Waals surface area contributed by atoms with E-state index in [1.165, 1.54) is 16.3 Å². The van der Waals surface area contributed by atoms with Gasteiger partial charge >= 0.3 is 5.97 Å². The second kappa shape index (κ2) is 7.70. The maximum Gasteiger partial charge on any atom is 0.316 e. The molecule has 0 spiro atoms. The van der Waals surface area contributed by atoms with Crippen molar-refractivity contribution in [3.8, 4) is 0 Å². The molecular formula is C19H20N2O3S. The number of hydrogen-bond donors (Lipinski definition) is 0. The number of carbonyl (C=O) groups is 1. The summed E-state index contributed by atoms with van der Waals surface area (Å²) in [6, 6.07) is 11.6. The molecule has 0 aliphatic heterocycles. The number of fused-ring (bicyclic) bond motifs is 2. The highest BCUT2D eigenvalue weighted by Crippen LogP contribution is 2.22. The molecule has 130 valence electrons. The summed E-state index contributed by atoms with van der Waals surface area (Å²) in [4.78, 5) is 29.0. The van der Waals surface area contributed by atoms with Crippen molar-refractivity contribution in [3.05, 3.63) is 46.8 Å². The SMILES string of the molecule is CCCCOC(=O)CSc1nc2cc3ccccc3cc2c(=O)n1C. The first-order valence-corrected chi connectivity index (χ1v) is 9.26. The first kappa shape index (κ1) is 17.5. The molecule has 0 aliphatic rings. The van der Waals surface area contributed by atoms with Crippen molar-refractivity contribution in [2.24, 2.45) is 7.05 Å². The normalized spacial score (nSPS) is 11.1. The average molecular weight is 356 g/mol. The highest BCUT2D eigenvalue weighted by atomic mass is 32.2. The monoisotopic (exact) mass is 356 g/mol. The van der Waals surface area contributed by atoms with Crippen LogP contribution in [0.3, 0.4) is 0 Å². The first-order chi connectivity index (χ1) is 12.1. The maximum absolute atomic E-state index is 12.6. The molecule has 0 aliphatic carbocycles. The number of carbonyl (C=O) groups excluding carboxylic acids is 1. The van der Waals surface area contributed by atoms with Gasteiger partial charge in [0.15, 0.2) is 5.16 Å². The summed E-state index contributed by atoms with van der Waals surface area (Å²) < 4.78 is 6.63. The molecule has 1 heterocycles. The predicted octanol–water partition coefficient (Wildman–Crippen LogP) is 3.52. The van der Waals surface area contributed by atoms with E-state index in [1.807, 2.05) is 43.3 Å². The molecule has 0 saturated carbocycles. The lowest BCUT2D eigenvalue weighted by Gasteiger charge is -2.09. The van der Waals surface area contributed by atoms with Crippen LogP contribution in [0.5, 0.6) is 0 Å². The van der Waals surface area contributed by atoms with Crippen LogP contribution in [0.1, 0.15) is 19.8 Å². The van der Waals surface area contributed by atoms with Crippen LogP contribution in [0.2, 0.25) is 0 Å². The number of hydrogen-bond acceptors (Lipinski definition) is 5. The van der Waals surface area contributed by atoms with Crippen LogP contribution in [0.25, 0.3) is 21.7 Å². The van der Waals surface area contributed by atoms with E-state index in [9.17, 15) is 9.59 Å². The number of rotatable bonds is 6. The molecule has 0 fully saturated rings. The van der Waals surface area contributed by atoms with Gasteiger partial charge in [0.25, 0.3) is 5.56 Å². The number of aromatic nitrogens is 2. The van der Waals surface area contributed by atoms with Crippen molar-refractivity contribution >= 4 is 39.4 Å². The minimum absolute atomic E-state index is 0.113. The Morgan fingerprint density at radius 3 is 2.68 bits per heavy atom. The second-order valence-corrected chi connectivity index (χ2v) is 6.78. The van der Waals surface area contributed by atoms with Gasteiger partial charge in [0.1, 0.15) is 0 Å². The van der Waals surface area contributed by atoms with E-state index >= 15 is 0 Å². The number of thioether (sulfide) groups is 1. The molecule has 2 aromatic carbocycles. The van der Waals surface area contributed by atoms with Gasteiger partial charge in [-0.3, -0.25) is 14.2 Å². The molecule has 0 amide bonds. The van der Waals surface area contributed by atoms with Crippen LogP contribution in [-0.2, 0) is 16.6 Å². The Balaban J connectivity index is 1.88. The topological polar surface area (TPSA) is 61.2 Å². The molecule has 3 rings (SSSR count). The molecule has 0 N–H and O–H groups in total. The Morgan fingerprint density at radius 2 is 1.96 bits per heavy atom. The van der Waals surface area contributed by atoms with Gasteiger partial charge in [-0.05, 0) is 29.3 Å². The molecule has 0 radical (unpaired) electrons. The van der Waals surface area contributed by atoms with Crippen molar-refractivity contribution in [2.45, 2.75) is 24.9 Å². The van der Waals surface area contributed by atoms with E-state index in [0.29, 0.717) is 22.7 Å². The number of esters is 1. The van der Waals surface area contributed by atoms with E-state index in [4.69, 9.17) is 4.74 Å². The number of benzene rings is 2. The summed E-state index contributed by atoms with van der Waals surface area (Å²) in [6.45, 7) is 2.48. The zero-order valence-corrected chi connectivity index (χ0v) is 15.1. The standard InChI is InChI=1S/C19H20N2O3S/c1-3-4-9-24-17(22)12-25-19-20-16-11-14-8-6-5-7-13(14)10-15(16)18(23)21(19)2/h5-8,10-11H,3-4,9,12H2,1-2H3. The molecule has 3 aromatic rings. The fraction of sp³-hybridized carbons (Fsp3) is 0.316. The third-order valence-corrected chi connectivity index (χ3v) is 4.99. The molecule has 6 heteroatoms.